The van der Waals surface area contributed by atoms with Crippen LogP contribution in [0.25, 0.3) is 0 Å². The van der Waals surface area contributed by atoms with Crippen molar-refractivity contribution in [3.8, 4) is 0 Å². The van der Waals surface area contributed by atoms with Crippen LogP contribution < -0.4 is 10.0 Å². The molecule has 29 heavy (non-hydrogen) atoms. The van der Waals surface area contributed by atoms with E-state index in [1.165, 1.54) is 17.8 Å². The maximum absolute atomic E-state index is 12.2. The Morgan fingerprint density at radius 3 is 2.66 bits per heavy atom. The van der Waals surface area contributed by atoms with Crippen molar-refractivity contribution in [1.82, 2.24) is 19.9 Å². The van der Waals surface area contributed by atoms with Gasteiger partial charge in [-0.3, -0.25) is 9.98 Å². The molecule has 0 radical (unpaired) electrons. The van der Waals surface area contributed by atoms with Crippen LogP contribution in [0.15, 0.2) is 64.7 Å². The molecule has 2 atom stereocenters. The Labute approximate surface area is 173 Å². The van der Waals surface area contributed by atoms with Gasteiger partial charge in [0.15, 0.2) is 5.96 Å². The van der Waals surface area contributed by atoms with Crippen molar-refractivity contribution in [2.75, 3.05) is 33.2 Å². The lowest BCUT2D eigenvalue weighted by Gasteiger charge is -2.39. The minimum atomic E-state index is -3.54. The van der Waals surface area contributed by atoms with E-state index < -0.39 is 10.0 Å². The van der Waals surface area contributed by atoms with E-state index in [0.717, 1.165) is 25.5 Å². The molecule has 0 aliphatic carbocycles. The van der Waals surface area contributed by atoms with Crippen LogP contribution in [0.2, 0.25) is 0 Å². The fourth-order valence-corrected chi connectivity index (χ4v) is 4.81. The van der Waals surface area contributed by atoms with E-state index in [-0.39, 0.29) is 11.4 Å². The van der Waals surface area contributed by atoms with Gasteiger partial charge < -0.3 is 10.2 Å². The molecule has 1 aromatic carbocycles. The van der Waals surface area contributed by atoms with Crippen molar-refractivity contribution in [2.45, 2.75) is 24.2 Å². The normalized spacial score (nSPS) is 20.5. The van der Waals surface area contributed by atoms with Gasteiger partial charge in [-0.15, -0.1) is 0 Å². The summed E-state index contributed by atoms with van der Waals surface area (Å²) >= 11 is 0. The Morgan fingerprint density at radius 1 is 1.21 bits per heavy atom. The van der Waals surface area contributed by atoms with Gasteiger partial charge in [0, 0.05) is 45.6 Å². The molecule has 0 bridgehead atoms. The summed E-state index contributed by atoms with van der Waals surface area (Å²) < 4.78 is 27.1. The molecular formula is C21H29N5O2S. The third-order valence-corrected chi connectivity index (χ3v) is 6.74. The zero-order valence-corrected chi connectivity index (χ0v) is 17.8. The SMILES string of the molecule is CN=C(NCCNS(=O)(=O)c1cccnc1)N1CCC(c2ccccc2)C(C)C1. The van der Waals surface area contributed by atoms with Gasteiger partial charge in [-0.25, -0.2) is 13.1 Å². The third kappa shape index (κ3) is 5.55. The van der Waals surface area contributed by atoms with Crippen LogP contribution in [0, 0.1) is 5.92 Å². The first kappa shape index (κ1) is 21.3. The molecule has 2 N–H and O–H groups in total. The Bertz CT molecular complexity index is 903. The molecule has 1 aliphatic rings. The van der Waals surface area contributed by atoms with Gasteiger partial charge in [0.1, 0.15) is 4.90 Å². The molecule has 1 aliphatic heterocycles. The first-order valence-electron chi connectivity index (χ1n) is 9.91. The maximum atomic E-state index is 12.2. The van der Waals surface area contributed by atoms with E-state index in [0.29, 0.717) is 18.4 Å². The molecular weight excluding hydrogens is 386 g/mol. The van der Waals surface area contributed by atoms with Crippen molar-refractivity contribution in [2.24, 2.45) is 10.9 Å². The summed E-state index contributed by atoms with van der Waals surface area (Å²) in [5.74, 6) is 1.87. The number of guanidine groups is 1. The van der Waals surface area contributed by atoms with Crippen molar-refractivity contribution >= 4 is 16.0 Å². The molecule has 7 nitrogen and oxygen atoms in total. The highest BCUT2D eigenvalue weighted by Crippen LogP contribution is 2.32. The van der Waals surface area contributed by atoms with Gasteiger partial charge in [0.05, 0.1) is 0 Å². The van der Waals surface area contributed by atoms with Crippen LogP contribution in [0.3, 0.4) is 0 Å². The second-order valence-electron chi connectivity index (χ2n) is 7.29. The summed E-state index contributed by atoms with van der Waals surface area (Å²) in [6.45, 7) is 4.84. The largest absolute Gasteiger partial charge is 0.355 e. The molecule has 2 heterocycles. The number of nitrogens with zero attached hydrogens (tertiary/aromatic N) is 3. The molecule has 3 rings (SSSR count). The van der Waals surface area contributed by atoms with Crippen LogP contribution in [0.1, 0.15) is 24.8 Å². The Balaban J connectivity index is 1.49. The number of benzene rings is 1. The van der Waals surface area contributed by atoms with Gasteiger partial charge in [-0.2, -0.15) is 0 Å². The second kappa shape index (κ2) is 9.84. The number of hydrogen-bond acceptors (Lipinski definition) is 4. The molecule has 8 heteroatoms. The average molecular weight is 416 g/mol. The highest BCUT2D eigenvalue weighted by molar-refractivity contribution is 7.89. The van der Waals surface area contributed by atoms with Crippen LogP contribution >= 0.6 is 0 Å². The van der Waals surface area contributed by atoms with Crippen LogP contribution in [0.4, 0.5) is 0 Å². The second-order valence-corrected chi connectivity index (χ2v) is 9.06. The molecule has 1 aromatic heterocycles. The number of pyridine rings is 1. The number of rotatable bonds is 6. The fourth-order valence-electron chi connectivity index (χ4n) is 3.81. The highest BCUT2D eigenvalue weighted by atomic mass is 32.2. The maximum Gasteiger partial charge on any atom is 0.242 e. The molecule has 2 aromatic rings. The molecule has 156 valence electrons. The van der Waals surface area contributed by atoms with E-state index in [2.05, 4.69) is 62.2 Å². The van der Waals surface area contributed by atoms with E-state index >= 15 is 0 Å². The minimum Gasteiger partial charge on any atom is -0.355 e. The number of piperidine rings is 1. The van der Waals surface area contributed by atoms with Crippen LogP contribution in [-0.4, -0.2) is 57.5 Å². The standard InChI is InChI=1S/C21H29N5O2S/c1-17-16-26(14-10-20(17)18-7-4-3-5-8-18)21(22-2)24-12-13-25-29(27,28)19-9-6-11-23-15-19/h3-9,11,15,17,20,25H,10,12-14,16H2,1-2H3,(H,22,24). The molecule has 1 fully saturated rings. The first-order chi connectivity index (χ1) is 14.0. The molecule has 0 spiro atoms. The number of sulfonamides is 1. The number of hydrogen-bond donors (Lipinski definition) is 2. The molecule has 0 amide bonds. The van der Waals surface area contributed by atoms with Crippen molar-refractivity contribution < 1.29 is 8.42 Å². The lowest BCUT2D eigenvalue weighted by atomic mass is 9.82. The third-order valence-electron chi connectivity index (χ3n) is 5.29. The summed E-state index contributed by atoms with van der Waals surface area (Å²) in [6, 6.07) is 13.8. The molecule has 2 unspecified atom stereocenters. The van der Waals surface area contributed by atoms with Gasteiger partial charge in [-0.05, 0) is 36.0 Å². The summed E-state index contributed by atoms with van der Waals surface area (Å²) in [5, 5.41) is 3.27. The Hall–Kier alpha value is -2.45. The number of nitrogens with one attached hydrogen (secondary N) is 2. The van der Waals surface area contributed by atoms with Gasteiger partial charge in [0.2, 0.25) is 10.0 Å². The quantitative estimate of drug-likeness (QED) is 0.428. The van der Waals surface area contributed by atoms with Crippen LogP contribution in [0.5, 0.6) is 0 Å². The monoisotopic (exact) mass is 415 g/mol. The van der Waals surface area contributed by atoms with E-state index in [4.69, 9.17) is 0 Å². The van der Waals surface area contributed by atoms with Crippen molar-refractivity contribution in [1.29, 1.82) is 0 Å². The van der Waals surface area contributed by atoms with Gasteiger partial charge >= 0.3 is 0 Å². The lowest BCUT2D eigenvalue weighted by Crippen LogP contribution is -2.49. The lowest BCUT2D eigenvalue weighted by molar-refractivity contribution is 0.234. The molecule has 0 saturated carbocycles. The minimum absolute atomic E-state index is 0.168. The summed E-state index contributed by atoms with van der Waals surface area (Å²) in [5.41, 5.74) is 1.40. The summed E-state index contributed by atoms with van der Waals surface area (Å²) in [6.07, 6.45) is 3.96. The smallest absolute Gasteiger partial charge is 0.242 e. The van der Waals surface area contributed by atoms with E-state index in [1.807, 2.05) is 0 Å². The summed E-state index contributed by atoms with van der Waals surface area (Å²) in [7, 11) is -1.78. The van der Waals surface area contributed by atoms with Crippen LogP contribution in [-0.2, 0) is 10.0 Å². The van der Waals surface area contributed by atoms with Gasteiger partial charge in [0.25, 0.3) is 0 Å². The Morgan fingerprint density at radius 2 is 2.00 bits per heavy atom. The number of aromatic nitrogens is 1. The molecule has 1 saturated heterocycles. The van der Waals surface area contributed by atoms with E-state index in [1.54, 1.807) is 19.3 Å². The zero-order chi connectivity index (χ0) is 20.7. The predicted molar refractivity (Wildman–Crippen MR) is 115 cm³/mol. The average Bonchev–Trinajstić information content (AvgIpc) is 2.75. The van der Waals surface area contributed by atoms with Crippen molar-refractivity contribution in [3.63, 3.8) is 0 Å². The highest BCUT2D eigenvalue weighted by Gasteiger charge is 2.28. The number of aliphatic imine (C=N–C) groups is 1. The van der Waals surface area contributed by atoms with E-state index in [9.17, 15) is 8.42 Å². The number of likely N-dealkylation sites (tertiary alicyclic amines) is 1. The fraction of sp³-hybridized carbons (Fsp3) is 0.429. The summed E-state index contributed by atoms with van der Waals surface area (Å²) in [4.78, 5) is 10.7. The topological polar surface area (TPSA) is 86.7 Å². The first-order valence-corrected chi connectivity index (χ1v) is 11.4. The zero-order valence-electron chi connectivity index (χ0n) is 17.0. The van der Waals surface area contributed by atoms with Crippen molar-refractivity contribution in [3.05, 3.63) is 60.4 Å². The Kier molecular flexibility index (Phi) is 7.22. The predicted octanol–water partition coefficient (Wildman–Crippen LogP) is 2.06. The van der Waals surface area contributed by atoms with Gasteiger partial charge in [-0.1, -0.05) is 37.3 Å².